The van der Waals surface area contributed by atoms with E-state index in [1.54, 1.807) is 0 Å². The molecule has 1 N–H and O–H groups in total. The average molecular weight is 257 g/mol. The van der Waals surface area contributed by atoms with Crippen LogP contribution in [0.3, 0.4) is 0 Å². The summed E-state index contributed by atoms with van der Waals surface area (Å²) in [5, 5.41) is 9.94. The van der Waals surface area contributed by atoms with Gasteiger partial charge in [-0.3, -0.25) is 9.79 Å². The quantitative estimate of drug-likeness (QED) is 0.767. The summed E-state index contributed by atoms with van der Waals surface area (Å²) in [6, 6.07) is 0. The third kappa shape index (κ3) is 3.78. The van der Waals surface area contributed by atoms with Gasteiger partial charge >= 0.3 is 0 Å². The van der Waals surface area contributed by atoms with Crippen LogP contribution in [-0.2, 0) is 4.79 Å². The van der Waals surface area contributed by atoms with Gasteiger partial charge in [-0.15, -0.1) is 0 Å². The fraction of sp³-hybridized carbons (Fsp3) is 0.375. The van der Waals surface area contributed by atoms with Gasteiger partial charge in [0.05, 0.1) is 11.3 Å². The molecule has 0 aromatic heterocycles. The van der Waals surface area contributed by atoms with Crippen molar-refractivity contribution >= 4 is 12.0 Å². The predicted octanol–water partition coefficient (Wildman–Crippen LogP) is 3.66. The third-order valence-corrected chi connectivity index (χ3v) is 3.33. The molecule has 0 heterocycles. The molecule has 2 aliphatic rings. The van der Waals surface area contributed by atoms with E-state index in [1.807, 2.05) is 37.3 Å². The van der Waals surface area contributed by atoms with Crippen molar-refractivity contribution in [2.75, 3.05) is 0 Å². The van der Waals surface area contributed by atoms with E-state index in [2.05, 4.69) is 4.99 Å². The molecule has 0 fully saturated rings. The second-order valence-electron chi connectivity index (χ2n) is 5.05. The number of carbonyl (C=O) groups is 1. The van der Waals surface area contributed by atoms with Gasteiger partial charge in [0.1, 0.15) is 5.76 Å². The highest BCUT2D eigenvalue weighted by Gasteiger charge is 2.21. The zero-order valence-electron chi connectivity index (χ0n) is 11.2. The van der Waals surface area contributed by atoms with E-state index in [-0.39, 0.29) is 11.5 Å². The third-order valence-electron chi connectivity index (χ3n) is 3.33. The highest BCUT2D eigenvalue weighted by atomic mass is 16.3. The van der Waals surface area contributed by atoms with Gasteiger partial charge in [-0.1, -0.05) is 25.2 Å². The number of hydrogen-bond acceptors (Lipinski definition) is 3. The molecule has 100 valence electrons. The summed E-state index contributed by atoms with van der Waals surface area (Å²) in [6.45, 7) is 2.03. The van der Waals surface area contributed by atoms with Crippen LogP contribution >= 0.6 is 0 Å². The smallest absolute Gasteiger partial charge is 0.168 e. The first-order valence-electron chi connectivity index (χ1n) is 6.69. The highest BCUT2D eigenvalue weighted by Crippen LogP contribution is 2.23. The van der Waals surface area contributed by atoms with Crippen molar-refractivity contribution in [2.45, 2.75) is 32.6 Å². The Morgan fingerprint density at radius 1 is 1.42 bits per heavy atom. The number of nitrogens with zero attached hydrogens (tertiary/aromatic N) is 1. The van der Waals surface area contributed by atoms with Gasteiger partial charge in [0, 0.05) is 19.1 Å². The molecule has 0 radical (unpaired) electrons. The maximum Gasteiger partial charge on any atom is 0.168 e. The van der Waals surface area contributed by atoms with Crippen LogP contribution in [0.5, 0.6) is 0 Å². The van der Waals surface area contributed by atoms with Crippen LogP contribution in [0, 0.1) is 5.92 Å². The maximum atomic E-state index is 12.0. The van der Waals surface area contributed by atoms with Crippen molar-refractivity contribution in [2.24, 2.45) is 10.9 Å². The Balaban J connectivity index is 2.18. The Hall–Kier alpha value is -1.90. The lowest BCUT2D eigenvalue weighted by Crippen LogP contribution is -2.07. The Morgan fingerprint density at radius 2 is 2.26 bits per heavy atom. The minimum Gasteiger partial charge on any atom is -0.512 e. The van der Waals surface area contributed by atoms with Gasteiger partial charge in [-0.05, 0) is 30.9 Å². The summed E-state index contributed by atoms with van der Waals surface area (Å²) in [5.74, 6) is 0.479. The van der Waals surface area contributed by atoms with E-state index in [4.69, 9.17) is 0 Å². The molecule has 3 heteroatoms. The molecule has 2 aliphatic carbocycles. The monoisotopic (exact) mass is 257 g/mol. The molecule has 0 aromatic rings. The highest BCUT2D eigenvalue weighted by molar-refractivity contribution is 6.14. The SMILES string of the molecule is CC1CCC(O)=C(C=NC2=CC=CCC=C2)C(=O)C1. The number of Topliss-reactive ketones (excluding diaryl/α,β-unsaturated/α-hetero) is 1. The molecule has 0 spiro atoms. The minimum atomic E-state index is -0.0139. The maximum absolute atomic E-state index is 12.0. The predicted molar refractivity (Wildman–Crippen MR) is 77.1 cm³/mol. The van der Waals surface area contributed by atoms with Gasteiger partial charge in [-0.25, -0.2) is 0 Å². The molecule has 0 aliphatic heterocycles. The number of allylic oxidation sites excluding steroid dienone is 7. The van der Waals surface area contributed by atoms with Gasteiger partial charge in [-0.2, -0.15) is 0 Å². The van der Waals surface area contributed by atoms with Crippen LogP contribution < -0.4 is 0 Å². The van der Waals surface area contributed by atoms with Gasteiger partial charge < -0.3 is 5.11 Å². The summed E-state index contributed by atoms with van der Waals surface area (Å²) >= 11 is 0. The van der Waals surface area contributed by atoms with Crippen LogP contribution in [0.1, 0.15) is 32.6 Å². The molecule has 0 amide bonds. The summed E-state index contributed by atoms with van der Waals surface area (Å²) in [6.07, 6.45) is 14.1. The van der Waals surface area contributed by atoms with Crippen LogP contribution in [0.25, 0.3) is 0 Å². The second-order valence-corrected chi connectivity index (χ2v) is 5.05. The second kappa shape index (κ2) is 6.32. The van der Waals surface area contributed by atoms with Crippen molar-refractivity contribution in [3.63, 3.8) is 0 Å². The summed E-state index contributed by atoms with van der Waals surface area (Å²) in [5.41, 5.74) is 1.16. The number of carbonyl (C=O) groups excluding carboxylic acids is 1. The normalized spacial score (nSPS) is 24.6. The Kier molecular flexibility index (Phi) is 4.50. The van der Waals surface area contributed by atoms with Crippen LogP contribution in [0.2, 0.25) is 0 Å². The number of aliphatic hydroxyl groups is 1. The van der Waals surface area contributed by atoms with Crippen molar-refractivity contribution in [1.29, 1.82) is 0 Å². The van der Waals surface area contributed by atoms with Crippen LogP contribution in [-0.4, -0.2) is 17.1 Å². The molecule has 2 rings (SSSR count). The van der Waals surface area contributed by atoms with Gasteiger partial charge in [0.15, 0.2) is 5.78 Å². The molecule has 0 bridgehead atoms. The van der Waals surface area contributed by atoms with E-state index in [0.29, 0.717) is 24.3 Å². The lowest BCUT2D eigenvalue weighted by molar-refractivity contribution is -0.115. The molecule has 1 unspecified atom stereocenters. The van der Waals surface area contributed by atoms with Crippen molar-refractivity contribution in [3.05, 3.63) is 47.4 Å². The first kappa shape index (κ1) is 13.5. The van der Waals surface area contributed by atoms with Gasteiger partial charge in [0.25, 0.3) is 0 Å². The van der Waals surface area contributed by atoms with E-state index >= 15 is 0 Å². The van der Waals surface area contributed by atoms with Crippen LogP contribution in [0.4, 0.5) is 0 Å². The van der Waals surface area contributed by atoms with Crippen molar-refractivity contribution < 1.29 is 9.90 Å². The minimum absolute atomic E-state index is 0.0139. The van der Waals surface area contributed by atoms with E-state index in [9.17, 15) is 9.90 Å². The Labute approximate surface area is 113 Å². The zero-order chi connectivity index (χ0) is 13.7. The van der Waals surface area contributed by atoms with Crippen molar-refractivity contribution in [3.8, 4) is 0 Å². The number of aliphatic imine (C=N–C) groups is 1. The number of aliphatic hydroxyl groups excluding tert-OH is 1. The Morgan fingerprint density at radius 3 is 3.11 bits per heavy atom. The summed E-state index contributed by atoms with van der Waals surface area (Å²) in [4.78, 5) is 16.3. The average Bonchev–Trinajstić information content (AvgIpc) is 2.69. The van der Waals surface area contributed by atoms with Crippen LogP contribution in [0.15, 0.2) is 52.4 Å². The Bertz CT molecular complexity index is 507. The lowest BCUT2D eigenvalue weighted by atomic mass is 10.0. The summed E-state index contributed by atoms with van der Waals surface area (Å²) < 4.78 is 0. The largest absolute Gasteiger partial charge is 0.512 e. The van der Waals surface area contributed by atoms with E-state index in [0.717, 1.165) is 18.5 Å². The molecular weight excluding hydrogens is 238 g/mol. The molecule has 19 heavy (non-hydrogen) atoms. The number of hydrogen-bond donors (Lipinski definition) is 1. The fourth-order valence-corrected chi connectivity index (χ4v) is 2.15. The first-order valence-corrected chi connectivity index (χ1v) is 6.69. The molecule has 3 nitrogen and oxygen atoms in total. The molecule has 0 aromatic carbocycles. The standard InChI is InChI=1S/C16H19NO2/c1-12-8-9-15(18)14(16(19)10-12)11-17-13-6-4-2-3-5-7-13/h2,4-7,11-12,18H,3,8-10H2,1H3. The number of rotatable bonds is 2. The topological polar surface area (TPSA) is 49.7 Å². The molecular formula is C16H19NO2. The van der Waals surface area contributed by atoms with E-state index in [1.165, 1.54) is 6.21 Å². The van der Waals surface area contributed by atoms with Crippen molar-refractivity contribution in [1.82, 2.24) is 0 Å². The fourth-order valence-electron chi connectivity index (χ4n) is 2.15. The zero-order valence-corrected chi connectivity index (χ0v) is 11.2. The van der Waals surface area contributed by atoms with E-state index < -0.39 is 0 Å². The van der Waals surface area contributed by atoms with Gasteiger partial charge in [0.2, 0.25) is 0 Å². The number of ketones is 1. The molecule has 0 saturated carbocycles. The molecule has 0 saturated heterocycles. The summed E-state index contributed by atoms with van der Waals surface area (Å²) in [7, 11) is 0. The lowest BCUT2D eigenvalue weighted by Gasteiger charge is -2.03. The molecule has 1 atom stereocenters. The first-order chi connectivity index (χ1) is 9.16.